The summed E-state index contributed by atoms with van der Waals surface area (Å²) in [7, 11) is -2.06. The van der Waals surface area contributed by atoms with Gasteiger partial charge in [0.25, 0.3) is 10.1 Å². The number of aryl methyl sites for hydroxylation is 2. The van der Waals surface area contributed by atoms with Crippen molar-refractivity contribution in [2.45, 2.75) is 108 Å². The van der Waals surface area contributed by atoms with Crippen molar-refractivity contribution in [1.29, 1.82) is 0 Å². The Kier molecular flexibility index (Phi) is 8.12. The van der Waals surface area contributed by atoms with Crippen LogP contribution in [0.5, 0.6) is 0 Å². The van der Waals surface area contributed by atoms with Crippen LogP contribution < -0.4 is 4.57 Å². The van der Waals surface area contributed by atoms with Crippen LogP contribution in [-0.4, -0.2) is 17.5 Å². The molecular formula is C29H45N2O3S+. The van der Waals surface area contributed by atoms with E-state index >= 15 is 0 Å². The highest BCUT2D eigenvalue weighted by atomic mass is 32.2. The van der Waals surface area contributed by atoms with Crippen LogP contribution in [0.4, 0.5) is 0 Å². The molecule has 5 nitrogen and oxygen atoms in total. The second kappa shape index (κ2) is 10.8. The topological polar surface area (TPSA) is 63.2 Å². The second-order valence-corrected chi connectivity index (χ2v) is 13.2. The van der Waals surface area contributed by atoms with Crippen molar-refractivity contribution in [1.82, 2.24) is 4.57 Å². The van der Waals surface area contributed by atoms with Crippen LogP contribution in [-0.2, 0) is 23.7 Å². The lowest BCUT2D eigenvalue weighted by atomic mass is 9.57. The Morgan fingerprint density at radius 1 is 0.914 bits per heavy atom. The Balaban J connectivity index is 1.49. The van der Waals surface area contributed by atoms with E-state index in [0.29, 0.717) is 11.3 Å². The molecule has 194 valence electrons. The van der Waals surface area contributed by atoms with Crippen molar-refractivity contribution in [2.24, 2.45) is 23.8 Å². The quantitative estimate of drug-likeness (QED) is 0.340. The van der Waals surface area contributed by atoms with Gasteiger partial charge in [0.2, 0.25) is 6.33 Å². The van der Waals surface area contributed by atoms with Gasteiger partial charge < -0.3 is 0 Å². The maximum atomic E-state index is 11.5. The predicted molar refractivity (Wildman–Crippen MR) is 140 cm³/mol. The summed E-state index contributed by atoms with van der Waals surface area (Å²) in [5.74, 6) is 1.12. The van der Waals surface area contributed by atoms with E-state index in [4.69, 9.17) is 0 Å². The number of hydrogen-bond acceptors (Lipinski definition) is 2. The zero-order valence-electron chi connectivity index (χ0n) is 22.0. The lowest BCUT2D eigenvalue weighted by Crippen LogP contribution is -2.38. The van der Waals surface area contributed by atoms with E-state index in [1.165, 1.54) is 82.6 Å². The van der Waals surface area contributed by atoms with Gasteiger partial charge in [-0.1, -0.05) is 58.1 Å². The molecule has 3 saturated carbocycles. The van der Waals surface area contributed by atoms with Crippen LogP contribution in [0.2, 0.25) is 0 Å². The molecule has 2 atom stereocenters. The highest BCUT2D eigenvalue weighted by Gasteiger charge is 2.43. The normalized spacial score (nSPS) is 27.8. The van der Waals surface area contributed by atoms with Crippen LogP contribution in [0.15, 0.2) is 47.9 Å². The lowest BCUT2D eigenvalue weighted by molar-refractivity contribution is -0.697. The number of aromatic nitrogens is 2. The summed E-state index contributed by atoms with van der Waals surface area (Å²) in [5.41, 5.74) is 1.96. The van der Waals surface area contributed by atoms with Crippen molar-refractivity contribution in [3.8, 4) is 0 Å². The molecule has 35 heavy (non-hydrogen) atoms. The third kappa shape index (κ3) is 6.02. The van der Waals surface area contributed by atoms with E-state index in [9.17, 15) is 13.0 Å². The summed E-state index contributed by atoms with van der Waals surface area (Å²) in [6.07, 6.45) is 22.1. The van der Waals surface area contributed by atoms with E-state index < -0.39 is 10.1 Å². The molecule has 0 radical (unpaired) electrons. The highest BCUT2D eigenvalue weighted by molar-refractivity contribution is 7.85. The molecule has 0 amide bonds. The van der Waals surface area contributed by atoms with Crippen molar-refractivity contribution in [3.05, 3.63) is 48.5 Å². The number of hydrogen-bond donors (Lipinski definition) is 1. The first-order valence-corrected chi connectivity index (χ1v) is 15.2. The molecule has 1 aromatic carbocycles. The van der Waals surface area contributed by atoms with E-state index in [2.05, 4.69) is 48.8 Å². The summed E-state index contributed by atoms with van der Waals surface area (Å²) in [6, 6.07) is 6.98. The van der Waals surface area contributed by atoms with Gasteiger partial charge in [-0.3, -0.25) is 4.55 Å². The fourth-order valence-electron chi connectivity index (χ4n) is 7.42. The smallest absolute Gasteiger partial charge is 0.282 e. The van der Waals surface area contributed by atoms with Crippen LogP contribution in [0, 0.1) is 16.7 Å². The van der Waals surface area contributed by atoms with Gasteiger partial charge in [-0.05, 0) is 85.3 Å². The molecule has 2 unspecified atom stereocenters. The molecule has 2 bridgehead atoms. The van der Waals surface area contributed by atoms with Gasteiger partial charge in [0.1, 0.15) is 12.4 Å². The Morgan fingerprint density at radius 3 is 2.06 bits per heavy atom. The summed E-state index contributed by atoms with van der Waals surface area (Å²) in [5, 5.41) is 0. The molecule has 5 rings (SSSR count). The average molecular weight is 502 g/mol. The van der Waals surface area contributed by atoms with Crippen molar-refractivity contribution >= 4 is 10.1 Å². The number of fused-ring (bicyclic) bond motifs is 8. The van der Waals surface area contributed by atoms with Gasteiger partial charge in [0, 0.05) is 0 Å². The molecule has 0 spiro atoms. The largest absolute Gasteiger partial charge is 0.294 e. The van der Waals surface area contributed by atoms with Crippen molar-refractivity contribution in [3.63, 3.8) is 0 Å². The highest BCUT2D eigenvalue weighted by Crippen LogP contribution is 2.55. The number of rotatable bonds is 7. The Hall–Kier alpha value is -1.66. The Labute approximate surface area is 212 Å². The van der Waals surface area contributed by atoms with Crippen LogP contribution in [0.1, 0.15) is 102 Å². The van der Waals surface area contributed by atoms with Gasteiger partial charge in [-0.15, -0.1) is 0 Å². The van der Waals surface area contributed by atoms with E-state index in [0.717, 1.165) is 12.5 Å². The molecule has 3 aliphatic rings. The van der Waals surface area contributed by atoms with Gasteiger partial charge in [-0.2, -0.15) is 8.42 Å². The minimum Gasteiger partial charge on any atom is -0.282 e. The molecular weight excluding hydrogens is 456 g/mol. The summed E-state index contributed by atoms with van der Waals surface area (Å²) in [4.78, 5) is -0.0120. The molecule has 2 aromatic rings. The molecule has 1 aromatic heterocycles. The summed E-state index contributed by atoms with van der Waals surface area (Å²) >= 11 is 0. The first kappa shape index (κ1) is 26.4. The molecule has 1 N–H and O–H groups in total. The van der Waals surface area contributed by atoms with E-state index in [1.807, 2.05) is 12.1 Å². The monoisotopic (exact) mass is 501 g/mol. The van der Waals surface area contributed by atoms with Gasteiger partial charge >= 0.3 is 0 Å². The molecule has 3 aliphatic carbocycles. The Morgan fingerprint density at radius 2 is 1.49 bits per heavy atom. The van der Waals surface area contributed by atoms with E-state index in [-0.39, 0.29) is 10.3 Å². The third-order valence-electron chi connectivity index (χ3n) is 9.83. The molecule has 1 heterocycles. The standard InChI is InChI=1S/C29H44N2O3S/c1-24(13-20-31-22-21-30(3)23-31)28-14-5-4-6-15-29(18-7-16-28,19-8-17-28)25(2)26-9-11-27(12-10-26)35(32,33)34/h9-12,21-25H,4-8,13-20H2,1-3H3/p+1. The first-order valence-electron chi connectivity index (χ1n) is 13.7. The van der Waals surface area contributed by atoms with E-state index in [1.54, 1.807) is 12.1 Å². The van der Waals surface area contributed by atoms with Gasteiger partial charge in [0.15, 0.2) is 0 Å². The minimum atomic E-state index is -4.15. The number of benzene rings is 1. The molecule has 3 fully saturated rings. The fourth-order valence-corrected chi connectivity index (χ4v) is 7.90. The Bertz CT molecular complexity index is 1060. The number of nitrogens with zero attached hydrogens (tertiary/aromatic N) is 2. The van der Waals surface area contributed by atoms with Crippen LogP contribution in [0.25, 0.3) is 0 Å². The van der Waals surface area contributed by atoms with Crippen LogP contribution in [0.3, 0.4) is 0 Å². The summed E-state index contributed by atoms with van der Waals surface area (Å²) in [6.45, 7) is 5.97. The van der Waals surface area contributed by atoms with Crippen molar-refractivity contribution in [2.75, 3.05) is 0 Å². The van der Waals surface area contributed by atoms with Gasteiger partial charge in [0.05, 0.1) is 18.5 Å². The molecule has 0 aliphatic heterocycles. The lowest BCUT2D eigenvalue weighted by Gasteiger charge is -2.48. The molecule has 6 heteroatoms. The maximum absolute atomic E-state index is 11.5. The third-order valence-corrected chi connectivity index (χ3v) is 10.7. The van der Waals surface area contributed by atoms with Crippen molar-refractivity contribution < 1.29 is 17.5 Å². The average Bonchev–Trinajstić information content (AvgIpc) is 3.24. The SMILES string of the molecule is CC(CC[n+]1ccn(C)c1)C12CCCCCC(C(C)c3ccc(S(=O)(=O)O)cc3)(CCC1)CCC2. The maximum Gasteiger partial charge on any atom is 0.294 e. The van der Waals surface area contributed by atoms with Crippen LogP contribution >= 0.6 is 0 Å². The number of imidazole rings is 1. The zero-order chi connectivity index (χ0) is 25.1. The fraction of sp³-hybridized carbons (Fsp3) is 0.690. The zero-order valence-corrected chi connectivity index (χ0v) is 22.8. The summed E-state index contributed by atoms with van der Waals surface area (Å²) < 4.78 is 36.8. The predicted octanol–water partition coefficient (Wildman–Crippen LogP) is 6.68. The second-order valence-electron chi connectivity index (χ2n) is 11.8. The van der Waals surface area contributed by atoms with Gasteiger partial charge in [-0.25, -0.2) is 9.13 Å². The first-order chi connectivity index (χ1) is 16.6. The minimum absolute atomic E-state index is 0.0120. The molecule has 0 saturated heterocycles.